The molecular formula is C11H25N3O. The van der Waals surface area contributed by atoms with E-state index in [2.05, 4.69) is 24.1 Å². The van der Waals surface area contributed by atoms with Crippen molar-refractivity contribution in [3.05, 3.63) is 0 Å². The number of carbonyl (C=O) groups is 1. The SMILES string of the molecule is CC(C)C[C@@H](N)C(=O)NCCCN(C)C. The summed E-state index contributed by atoms with van der Waals surface area (Å²) in [4.78, 5) is 13.6. The highest BCUT2D eigenvalue weighted by atomic mass is 16.2. The number of amides is 1. The molecule has 4 nitrogen and oxygen atoms in total. The first kappa shape index (κ1) is 14.4. The molecule has 1 atom stereocenters. The minimum Gasteiger partial charge on any atom is -0.355 e. The second kappa shape index (κ2) is 7.65. The Morgan fingerprint density at radius 2 is 2.00 bits per heavy atom. The molecule has 0 rings (SSSR count). The van der Waals surface area contributed by atoms with Crippen molar-refractivity contribution in [2.45, 2.75) is 32.7 Å². The highest BCUT2D eigenvalue weighted by Crippen LogP contribution is 2.02. The predicted molar refractivity (Wildman–Crippen MR) is 63.6 cm³/mol. The van der Waals surface area contributed by atoms with Gasteiger partial charge < -0.3 is 16.0 Å². The third-order valence-corrected chi connectivity index (χ3v) is 2.14. The molecule has 0 heterocycles. The molecule has 0 unspecified atom stereocenters. The van der Waals surface area contributed by atoms with Crippen molar-refractivity contribution in [3.8, 4) is 0 Å². The second-order valence-electron chi connectivity index (χ2n) is 4.68. The lowest BCUT2D eigenvalue weighted by molar-refractivity contribution is -0.122. The van der Waals surface area contributed by atoms with Gasteiger partial charge >= 0.3 is 0 Å². The van der Waals surface area contributed by atoms with E-state index in [9.17, 15) is 4.79 Å². The Kier molecular flexibility index (Phi) is 7.34. The molecule has 0 spiro atoms. The van der Waals surface area contributed by atoms with Gasteiger partial charge in [0.25, 0.3) is 0 Å². The summed E-state index contributed by atoms with van der Waals surface area (Å²) in [7, 11) is 4.04. The first-order chi connectivity index (χ1) is 6.93. The fourth-order valence-corrected chi connectivity index (χ4v) is 1.35. The van der Waals surface area contributed by atoms with E-state index < -0.39 is 0 Å². The van der Waals surface area contributed by atoms with Crippen molar-refractivity contribution in [3.63, 3.8) is 0 Å². The highest BCUT2D eigenvalue weighted by molar-refractivity contribution is 5.81. The maximum Gasteiger partial charge on any atom is 0.236 e. The molecule has 0 aliphatic heterocycles. The fourth-order valence-electron chi connectivity index (χ4n) is 1.35. The monoisotopic (exact) mass is 215 g/mol. The van der Waals surface area contributed by atoms with Crippen molar-refractivity contribution < 1.29 is 4.79 Å². The molecule has 0 aromatic rings. The molecule has 0 radical (unpaired) electrons. The Morgan fingerprint density at radius 1 is 1.40 bits per heavy atom. The molecule has 0 aliphatic carbocycles. The van der Waals surface area contributed by atoms with E-state index in [1.165, 1.54) is 0 Å². The Hall–Kier alpha value is -0.610. The van der Waals surface area contributed by atoms with Crippen LogP contribution in [0.15, 0.2) is 0 Å². The third-order valence-electron chi connectivity index (χ3n) is 2.14. The summed E-state index contributed by atoms with van der Waals surface area (Å²) in [6, 6.07) is -0.357. The van der Waals surface area contributed by atoms with Gasteiger partial charge in [0.15, 0.2) is 0 Å². The molecule has 0 aromatic heterocycles. The van der Waals surface area contributed by atoms with Gasteiger partial charge in [-0.2, -0.15) is 0 Å². The Labute approximate surface area is 93.2 Å². The number of rotatable bonds is 7. The van der Waals surface area contributed by atoms with E-state index in [1.807, 2.05) is 14.1 Å². The van der Waals surface area contributed by atoms with Crippen LogP contribution in [0.25, 0.3) is 0 Å². The first-order valence-electron chi connectivity index (χ1n) is 5.61. The lowest BCUT2D eigenvalue weighted by Crippen LogP contribution is -2.42. The molecular weight excluding hydrogens is 190 g/mol. The molecule has 0 fully saturated rings. The molecule has 4 heteroatoms. The van der Waals surface area contributed by atoms with Crippen LogP contribution in [0.1, 0.15) is 26.7 Å². The minimum atomic E-state index is -0.357. The Morgan fingerprint density at radius 3 is 2.47 bits per heavy atom. The number of hydrogen-bond acceptors (Lipinski definition) is 3. The van der Waals surface area contributed by atoms with Gasteiger partial charge in [-0.1, -0.05) is 13.8 Å². The summed E-state index contributed by atoms with van der Waals surface area (Å²) in [5.74, 6) is 0.440. The van der Waals surface area contributed by atoms with Crippen molar-refractivity contribution in [2.75, 3.05) is 27.2 Å². The van der Waals surface area contributed by atoms with E-state index in [1.54, 1.807) is 0 Å². The molecule has 15 heavy (non-hydrogen) atoms. The molecule has 0 aliphatic rings. The maximum atomic E-state index is 11.5. The molecule has 0 saturated heterocycles. The van der Waals surface area contributed by atoms with Crippen molar-refractivity contribution in [1.29, 1.82) is 0 Å². The normalized spacial score (nSPS) is 13.3. The van der Waals surface area contributed by atoms with Gasteiger partial charge in [0.2, 0.25) is 5.91 Å². The maximum absolute atomic E-state index is 11.5. The highest BCUT2D eigenvalue weighted by Gasteiger charge is 2.13. The average Bonchev–Trinajstić information content (AvgIpc) is 2.10. The smallest absolute Gasteiger partial charge is 0.236 e. The zero-order valence-corrected chi connectivity index (χ0v) is 10.4. The van der Waals surface area contributed by atoms with Gasteiger partial charge in [-0.15, -0.1) is 0 Å². The van der Waals surface area contributed by atoms with Gasteiger partial charge in [0, 0.05) is 6.54 Å². The van der Waals surface area contributed by atoms with E-state index >= 15 is 0 Å². The van der Waals surface area contributed by atoms with Crippen LogP contribution < -0.4 is 11.1 Å². The Balaban J connectivity index is 3.56. The van der Waals surface area contributed by atoms with Crippen LogP contribution in [0.3, 0.4) is 0 Å². The number of hydrogen-bond donors (Lipinski definition) is 2. The van der Waals surface area contributed by atoms with Crippen LogP contribution in [0, 0.1) is 5.92 Å². The molecule has 0 bridgehead atoms. The lowest BCUT2D eigenvalue weighted by atomic mass is 10.0. The zero-order chi connectivity index (χ0) is 11.8. The van der Waals surface area contributed by atoms with Crippen LogP contribution >= 0.6 is 0 Å². The molecule has 3 N–H and O–H groups in total. The van der Waals surface area contributed by atoms with Crippen LogP contribution in [0.2, 0.25) is 0 Å². The number of nitrogens with zero attached hydrogens (tertiary/aromatic N) is 1. The van der Waals surface area contributed by atoms with Crippen LogP contribution in [0.5, 0.6) is 0 Å². The van der Waals surface area contributed by atoms with Gasteiger partial charge in [0.1, 0.15) is 0 Å². The minimum absolute atomic E-state index is 0.0255. The summed E-state index contributed by atoms with van der Waals surface area (Å²) >= 11 is 0. The number of carbonyl (C=O) groups excluding carboxylic acids is 1. The van der Waals surface area contributed by atoms with E-state index in [4.69, 9.17) is 5.73 Å². The first-order valence-corrected chi connectivity index (χ1v) is 5.61. The number of nitrogens with two attached hydrogens (primary N) is 1. The predicted octanol–water partition coefficient (Wildman–Crippen LogP) is 0.428. The van der Waals surface area contributed by atoms with Gasteiger partial charge in [0.05, 0.1) is 6.04 Å². The quantitative estimate of drug-likeness (QED) is 0.605. The molecule has 90 valence electrons. The van der Waals surface area contributed by atoms with Crippen molar-refractivity contribution >= 4 is 5.91 Å². The second-order valence-corrected chi connectivity index (χ2v) is 4.68. The topological polar surface area (TPSA) is 58.4 Å². The summed E-state index contributed by atoms with van der Waals surface area (Å²) in [5.41, 5.74) is 5.74. The standard InChI is InChI=1S/C11H25N3O/c1-9(2)8-10(12)11(15)13-6-5-7-14(3)4/h9-10H,5-8,12H2,1-4H3,(H,13,15)/t10-/m1/s1. The van der Waals surface area contributed by atoms with Crippen molar-refractivity contribution in [1.82, 2.24) is 10.2 Å². The molecule has 1 amide bonds. The average molecular weight is 215 g/mol. The summed E-state index contributed by atoms with van der Waals surface area (Å²) in [6.07, 6.45) is 1.71. The largest absolute Gasteiger partial charge is 0.355 e. The van der Waals surface area contributed by atoms with Gasteiger partial charge in [-0.25, -0.2) is 0 Å². The van der Waals surface area contributed by atoms with Crippen LogP contribution in [0.4, 0.5) is 0 Å². The number of nitrogens with one attached hydrogen (secondary N) is 1. The summed E-state index contributed by atoms with van der Waals surface area (Å²) in [5, 5.41) is 2.85. The van der Waals surface area contributed by atoms with E-state index in [0.717, 1.165) is 19.4 Å². The van der Waals surface area contributed by atoms with Gasteiger partial charge in [-0.05, 0) is 39.4 Å². The van der Waals surface area contributed by atoms with Gasteiger partial charge in [-0.3, -0.25) is 4.79 Å². The fraction of sp³-hybridized carbons (Fsp3) is 0.909. The van der Waals surface area contributed by atoms with Crippen LogP contribution in [-0.2, 0) is 4.79 Å². The zero-order valence-electron chi connectivity index (χ0n) is 10.4. The summed E-state index contributed by atoms with van der Waals surface area (Å²) < 4.78 is 0. The lowest BCUT2D eigenvalue weighted by Gasteiger charge is -2.15. The van der Waals surface area contributed by atoms with Crippen LogP contribution in [-0.4, -0.2) is 44.0 Å². The molecule has 0 saturated carbocycles. The summed E-state index contributed by atoms with van der Waals surface area (Å²) in [6.45, 7) is 5.83. The van der Waals surface area contributed by atoms with E-state index in [0.29, 0.717) is 12.5 Å². The third kappa shape index (κ3) is 8.39. The van der Waals surface area contributed by atoms with Crippen molar-refractivity contribution in [2.24, 2.45) is 11.7 Å². The molecule has 0 aromatic carbocycles. The van der Waals surface area contributed by atoms with E-state index in [-0.39, 0.29) is 11.9 Å². The Bertz CT molecular complexity index is 181.